The van der Waals surface area contributed by atoms with Crippen LogP contribution in [0.25, 0.3) is 0 Å². The summed E-state index contributed by atoms with van der Waals surface area (Å²) >= 11 is 0. The Bertz CT molecular complexity index is 1100. The number of anilines is 1. The Kier molecular flexibility index (Phi) is 11.7. The molecular formula is C33H45N5O. The van der Waals surface area contributed by atoms with Gasteiger partial charge in [0.05, 0.1) is 23.1 Å². The molecule has 1 heterocycles. The summed E-state index contributed by atoms with van der Waals surface area (Å²) in [5.74, 6) is 0.933. The van der Waals surface area contributed by atoms with Gasteiger partial charge in [-0.25, -0.2) is 4.79 Å². The molecule has 1 aliphatic heterocycles. The lowest BCUT2D eigenvalue weighted by molar-refractivity contribution is 0.220. The topological polar surface area (TPSA) is 92.0 Å². The number of hydrogen-bond donors (Lipinski definition) is 2. The molecule has 0 saturated carbocycles. The molecule has 0 bridgehead atoms. The quantitative estimate of drug-likeness (QED) is 0.246. The number of carbonyl (C=O) groups is 1. The molecule has 2 aromatic carbocycles. The number of hydrogen-bond acceptors (Lipinski definition) is 4. The van der Waals surface area contributed by atoms with Gasteiger partial charge >= 0.3 is 6.03 Å². The average Bonchev–Trinajstić information content (AvgIpc) is 2.95. The highest BCUT2D eigenvalue weighted by Crippen LogP contribution is 2.42. The van der Waals surface area contributed by atoms with Crippen LogP contribution < -0.4 is 15.5 Å². The molecule has 2 N–H and O–H groups in total. The molecule has 6 heteroatoms. The first-order valence-corrected chi connectivity index (χ1v) is 14.7. The summed E-state index contributed by atoms with van der Waals surface area (Å²) < 4.78 is 0. The van der Waals surface area contributed by atoms with Gasteiger partial charge in [-0.2, -0.15) is 10.5 Å². The molecule has 0 aromatic heterocycles. The Morgan fingerprint density at radius 3 is 2.28 bits per heavy atom. The van der Waals surface area contributed by atoms with Gasteiger partial charge in [-0.1, -0.05) is 69.9 Å². The van der Waals surface area contributed by atoms with E-state index in [0.29, 0.717) is 17.9 Å². The minimum atomic E-state index is -0.638. The van der Waals surface area contributed by atoms with Gasteiger partial charge in [0.15, 0.2) is 0 Å². The lowest BCUT2D eigenvalue weighted by atomic mass is 9.64. The van der Waals surface area contributed by atoms with E-state index in [4.69, 9.17) is 5.26 Å². The van der Waals surface area contributed by atoms with Crippen molar-refractivity contribution in [2.24, 2.45) is 11.8 Å². The first-order valence-electron chi connectivity index (χ1n) is 14.7. The van der Waals surface area contributed by atoms with Crippen LogP contribution in [0.3, 0.4) is 0 Å². The van der Waals surface area contributed by atoms with Crippen LogP contribution in [-0.4, -0.2) is 32.2 Å². The first-order chi connectivity index (χ1) is 19.0. The maximum atomic E-state index is 12.2. The summed E-state index contributed by atoms with van der Waals surface area (Å²) in [6.07, 6.45) is 8.94. The van der Waals surface area contributed by atoms with Crippen molar-refractivity contribution in [1.82, 2.24) is 10.6 Å². The van der Waals surface area contributed by atoms with Crippen molar-refractivity contribution >= 4 is 11.7 Å². The Morgan fingerprint density at radius 1 is 1.00 bits per heavy atom. The van der Waals surface area contributed by atoms with Crippen LogP contribution in [0.15, 0.2) is 54.6 Å². The van der Waals surface area contributed by atoms with Gasteiger partial charge in [-0.05, 0) is 73.8 Å². The van der Waals surface area contributed by atoms with Crippen LogP contribution in [0, 0.1) is 34.5 Å². The van der Waals surface area contributed by atoms with Gasteiger partial charge in [-0.3, -0.25) is 0 Å². The van der Waals surface area contributed by atoms with Gasteiger partial charge in [0.2, 0.25) is 0 Å². The summed E-state index contributed by atoms with van der Waals surface area (Å²) in [6.45, 7) is 6.47. The molecule has 6 nitrogen and oxygen atoms in total. The van der Waals surface area contributed by atoms with Crippen LogP contribution in [-0.2, 0) is 5.41 Å². The van der Waals surface area contributed by atoms with E-state index in [1.54, 1.807) is 7.05 Å². The van der Waals surface area contributed by atoms with E-state index < -0.39 is 5.41 Å². The number of urea groups is 1. The largest absolute Gasteiger partial charge is 0.371 e. The lowest BCUT2D eigenvalue weighted by Gasteiger charge is -2.41. The number of nitrogens with one attached hydrogen (secondary N) is 2. The summed E-state index contributed by atoms with van der Waals surface area (Å²) in [5, 5.41) is 25.6. The van der Waals surface area contributed by atoms with Crippen LogP contribution >= 0.6 is 0 Å². The zero-order valence-corrected chi connectivity index (χ0v) is 24.0. The number of unbranched alkanes of at least 4 members (excludes halogenated alkanes) is 1. The van der Waals surface area contributed by atoms with Crippen molar-refractivity contribution in [3.8, 4) is 12.1 Å². The van der Waals surface area contributed by atoms with Crippen LogP contribution in [0.2, 0.25) is 0 Å². The second-order valence-electron chi connectivity index (χ2n) is 11.1. The molecule has 1 aliphatic rings. The van der Waals surface area contributed by atoms with Gasteiger partial charge in [0, 0.05) is 31.9 Å². The molecule has 3 unspecified atom stereocenters. The van der Waals surface area contributed by atoms with E-state index in [2.05, 4.69) is 53.7 Å². The molecule has 3 atom stereocenters. The van der Waals surface area contributed by atoms with E-state index in [1.165, 1.54) is 12.1 Å². The van der Waals surface area contributed by atoms with Crippen molar-refractivity contribution in [1.29, 1.82) is 10.5 Å². The molecular weight excluding hydrogens is 482 g/mol. The third-order valence-electron chi connectivity index (χ3n) is 8.32. The zero-order chi connectivity index (χ0) is 28.1. The number of nitrogens with zero attached hydrogens (tertiary/aromatic N) is 3. The third-order valence-corrected chi connectivity index (χ3v) is 8.32. The second-order valence-corrected chi connectivity index (χ2v) is 11.1. The normalized spacial score (nSPS) is 16.2. The maximum Gasteiger partial charge on any atom is 0.314 e. The fourth-order valence-corrected chi connectivity index (χ4v) is 6.20. The van der Waals surface area contributed by atoms with E-state index in [1.807, 2.05) is 42.5 Å². The van der Waals surface area contributed by atoms with E-state index in [-0.39, 0.29) is 18.0 Å². The summed E-state index contributed by atoms with van der Waals surface area (Å²) in [5.41, 5.74) is 2.33. The molecule has 2 amide bonds. The molecule has 3 rings (SSSR count). The minimum absolute atomic E-state index is 0.0580. The standard InChI is InChI=1S/C33H45N5O/c1-4-11-28(16-10-9-13-27-23-38(24-27)31-19-17-26(22-34)18-20-31)33(25-35,29-14-7-6-8-15-29)21-30(12-5-2)37-32(39)36-3/h6-8,14-15,17-20,27-28,30H,4-5,9-13,16,21,23-24H2,1-3H3,(H2,36,37,39). The fourth-order valence-electron chi connectivity index (χ4n) is 6.20. The molecule has 208 valence electrons. The first kappa shape index (κ1) is 30.0. The molecule has 39 heavy (non-hydrogen) atoms. The van der Waals surface area contributed by atoms with Crippen molar-refractivity contribution in [2.75, 3.05) is 25.0 Å². The summed E-state index contributed by atoms with van der Waals surface area (Å²) in [4.78, 5) is 14.6. The summed E-state index contributed by atoms with van der Waals surface area (Å²) in [6, 6.07) is 22.9. The number of benzene rings is 2. The molecule has 0 spiro atoms. The van der Waals surface area contributed by atoms with Gasteiger partial charge in [0.1, 0.15) is 0 Å². The number of nitriles is 2. The van der Waals surface area contributed by atoms with Crippen molar-refractivity contribution in [3.63, 3.8) is 0 Å². The Balaban J connectivity index is 1.64. The van der Waals surface area contributed by atoms with Crippen LogP contribution in [0.1, 0.15) is 82.8 Å². The minimum Gasteiger partial charge on any atom is -0.371 e. The van der Waals surface area contributed by atoms with Gasteiger partial charge in [-0.15, -0.1) is 0 Å². The molecule has 0 aliphatic carbocycles. The monoisotopic (exact) mass is 527 g/mol. The SMILES string of the molecule is CCCC(CC(C#N)(c1ccccc1)C(CCC)CCCCC1CN(c2ccc(C#N)cc2)C1)NC(=O)NC. The average molecular weight is 528 g/mol. The van der Waals surface area contributed by atoms with Crippen molar-refractivity contribution in [2.45, 2.75) is 83.1 Å². The van der Waals surface area contributed by atoms with E-state index in [0.717, 1.165) is 63.6 Å². The summed E-state index contributed by atoms with van der Waals surface area (Å²) in [7, 11) is 1.64. The van der Waals surface area contributed by atoms with Gasteiger partial charge < -0.3 is 15.5 Å². The van der Waals surface area contributed by atoms with Gasteiger partial charge in [0.25, 0.3) is 0 Å². The lowest BCUT2D eigenvalue weighted by Crippen LogP contribution is -2.47. The number of amides is 2. The number of carbonyl (C=O) groups excluding carboxylic acids is 1. The highest BCUT2D eigenvalue weighted by atomic mass is 16.2. The fraction of sp³-hybridized carbons (Fsp3) is 0.545. The second kappa shape index (κ2) is 15.2. The number of rotatable bonds is 15. The van der Waals surface area contributed by atoms with Crippen LogP contribution in [0.4, 0.5) is 10.5 Å². The zero-order valence-electron chi connectivity index (χ0n) is 24.0. The Morgan fingerprint density at radius 2 is 1.69 bits per heavy atom. The highest BCUT2D eigenvalue weighted by Gasteiger charge is 2.42. The molecule has 0 radical (unpaired) electrons. The maximum absolute atomic E-state index is 12.2. The highest BCUT2D eigenvalue weighted by molar-refractivity contribution is 5.73. The molecule has 1 saturated heterocycles. The molecule has 1 fully saturated rings. The Labute approximate surface area is 235 Å². The predicted molar refractivity (Wildman–Crippen MR) is 158 cm³/mol. The smallest absolute Gasteiger partial charge is 0.314 e. The van der Waals surface area contributed by atoms with E-state index >= 15 is 0 Å². The van der Waals surface area contributed by atoms with Crippen molar-refractivity contribution < 1.29 is 4.79 Å². The predicted octanol–water partition coefficient (Wildman–Crippen LogP) is 6.92. The van der Waals surface area contributed by atoms with E-state index in [9.17, 15) is 10.1 Å². The molecule has 2 aromatic rings. The van der Waals surface area contributed by atoms with Crippen LogP contribution in [0.5, 0.6) is 0 Å². The Hall–Kier alpha value is -3.51. The third kappa shape index (κ3) is 7.99. The van der Waals surface area contributed by atoms with Crippen molar-refractivity contribution in [3.05, 3.63) is 65.7 Å².